The van der Waals surface area contributed by atoms with Gasteiger partial charge in [-0.1, -0.05) is 5.16 Å². The topological polar surface area (TPSA) is 109 Å². The average molecular weight is 430 g/mol. The van der Waals surface area contributed by atoms with Crippen LogP contribution in [0.2, 0.25) is 0 Å². The second kappa shape index (κ2) is 8.54. The smallest absolute Gasteiger partial charge is 0.277 e. The number of rotatable bonds is 6. The molecule has 9 heteroatoms. The Kier molecular flexibility index (Phi) is 5.29. The molecule has 4 aromatic rings. The third-order valence-electron chi connectivity index (χ3n) is 5.18. The quantitative estimate of drug-likeness (QED) is 0.456. The number of amides is 1. The van der Waals surface area contributed by atoms with E-state index >= 15 is 0 Å². The molecule has 0 atom stereocenters. The van der Waals surface area contributed by atoms with E-state index in [0.717, 1.165) is 36.2 Å². The number of aromatic nitrogens is 3. The monoisotopic (exact) mass is 430 g/mol. The van der Waals surface area contributed by atoms with Crippen molar-refractivity contribution in [2.24, 2.45) is 0 Å². The fourth-order valence-electron chi connectivity index (χ4n) is 3.62. The Morgan fingerprint density at radius 2 is 1.78 bits per heavy atom. The number of carbonyl (C=O) groups excluding carboxylic acids is 1. The fourth-order valence-corrected chi connectivity index (χ4v) is 3.62. The zero-order valence-electron chi connectivity index (χ0n) is 17.5. The molecule has 162 valence electrons. The SMILES string of the molecule is Cc1nc(Nc2ccc(NC(=O)c3cc(-c4ccco4)on3)cc2)cc(N2CCCC2)n1. The standard InChI is InChI=1S/C23H22N6O3/c1-15-24-21(14-22(25-15)29-10-2-3-11-29)26-16-6-8-17(9-7-16)27-23(30)18-13-20(32-28-18)19-5-4-12-31-19/h4-9,12-14H,2-3,10-11H2,1H3,(H,27,30)(H,24,25,26). The molecule has 1 saturated heterocycles. The number of furan rings is 1. The first-order valence-electron chi connectivity index (χ1n) is 10.4. The Morgan fingerprint density at radius 1 is 1.00 bits per heavy atom. The summed E-state index contributed by atoms with van der Waals surface area (Å²) in [5.41, 5.74) is 1.67. The molecular weight excluding hydrogens is 408 g/mol. The number of anilines is 4. The lowest BCUT2D eigenvalue weighted by molar-refractivity contribution is 0.101. The van der Waals surface area contributed by atoms with Gasteiger partial charge in [-0.05, 0) is 56.2 Å². The van der Waals surface area contributed by atoms with Gasteiger partial charge in [-0.15, -0.1) is 0 Å². The van der Waals surface area contributed by atoms with Crippen molar-refractivity contribution in [3.63, 3.8) is 0 Å². The molecule has 1 aliphatic heterocycles. The van der Waals surface area contributed by atoms with Gasteiger partial charge in [0.25, 0.3) is 5.91 Å². The van der Waals surface area contributed by atoms with Gasteiger partial charge in [-0.3, -0.25) is 4.79 Å². The van der Waals surface area contributed by atoms with Crippen LogP contribution >= 0.6 is 0 Å². The van der Waals surface area contributed by atoms with Gasteiger partial charge in [0, 0.05) is 36.6 Å². The van der Waals surface area contributed by atoms with Gasteiger partial charge in [-0.2, -0.15) is 0 Å². The lowest BCUT2D eigenvalue weighted by Crippen LogP contribution is -2.19. The molecular formula is C23H22N6O3. The highest BCUT2D eigenvalue weighted by molar-refractivity contribution is 6.03. The Bertz CT molecular complexity index is 1210. The number of benzene rings is 1. The molecule has 0 spiro atoms. The molecule has 0 aliphatic carbocycles. The van der Waals surface area contributed by atoms with Gasteiger partial charge in [0.2, 0.25) is 5.76 Å². The first-order valence-corrected chi connectivity index (χ1v) is 10.4. The van der Waals surface area contributed by atoms with E-state index in [1.807, 2.05) is 37.3 Å². The van der Waals surface area contributed by atoms with Crippen molar-refractivity contribution < 1.29 is 13.7 Å². The van der Waals surface area contributed by atoms with Crippen LogP contribution in [-0.2, 0) is 0 Å². The second-order valence-corrected chi connectivity index (χ2v) is 7.56. The average Bonchev–Trinajstić information content (AvgIpc) is 3.57. The van der Waals surface area contributed by atoms with E-state index in [2.05, 4.69) is 30.7 Å². The van der Waals surface area contributed by atoms with E-state index in [1.165, 1.54) is 19.1 Å². The Balaban J connectivity index is 1.24. The minimum Gasteiger partial charge on any atom is -0.461 e. The highest BCUT2D eigenvalue weighted by atomic mass is 16.5. The highest BCUT2D eigenvalue weighted by Gasteiger charge is 2.16. The van der Waals surface area contributed by atoms with E-state index in [9.17, 15) is 4.79 Å². The number of hydrogen-bond donors (Lipinski definition) is 2. The van der Waals surface area contributed by atoms with Crippen molar-refractivity contribution >= 4 is 28.9 Å². The molecule has 2 N–H and O–H groups in total. The molecule has 1 aliphatic rings. The van der Waals surface area contributed by atoms with Gasteiger partial charge < -0.3 is 24.5 Å². The summed E-state index contributed by atoms with van der Waals surface area (Å²) in [6.45, 7) is 3.95. The van der Waals surface area contributed by atoms with Crippen LogP contribution in [-0.4, -0.2) is 34.1 Å². The molecule has 0 unspecified atom stereocenters. The summed E-state index contributed by atoms with van der Waals surface area (Å²) < 4.78 is 10.4. The number of nitrogens with one attached hydrogen (secondary N) is 2. The minimum atomic E-state index is -0.367. The second-order valence-electron chi connectivity index (χ2n) is 7.56. The van der Waals surface area contributed by atoms with Crippen molar-refractivity contribution in [1.82, 2.24) is 15.1 Å². The van der Waals surface area contributed by atoms with Crippen LogP contribution in [0.15, 0.2) is 63.7 Å². The van der Waals surface area contributed by atoms with Crippen molar-refractivity contribution in [2.45, 2.75) is 19.8 Å². The number of nitrogens with zero attached hydrogens (tertiary/aromatic N) is 4. The maximum Gasteiger partial charge on any atom is 0.277 e. The zero-order chi connectivity index (χ0) is 21.9. The van der Waals surface area contributed by atoms with Crippen LogP contribution in [0.25, 0.3) is 11.5 Å². The minimum absolute atomic E-state index is 0.171. The molecule has 0 saturated carbocycles. The Labute approximate surface area is 184 Å². The maximum absolute atomic E-state index is 12.5. The molecule has 32 heavy (non-hydrogen) atoms. The van der Waals surface area contributed by atoms with E-state index < -0.39 is 0 Å². The highest BCUT2D eigenvalue weighted by Crippen LogP contribution is 2.24. The van der Waals surface area contributed by atoms with E-state index in [4.69, 9.17) is 8.94 Å². The number of carbonyl (C=O) groups is 1. The van der Waals surface area contributed by atoms with Crippen LogP contribution in [0.4, 0.5) is 23.0 Å². The van der Waals surface area contributed by atoms with Crippen molar-refractivity contribution in [3.8, 4) is 11.5 Å². The largest absolute Gasteiger partial charge is 0.461 e. The Morgan fingerprint density at radius 3 is 2.53 bits per heavy atom. The molecule has 3 aromatic heterocycles. The van der Waals surface area contributed by atoms with Crippen LogP contribution in [0.5, 0.6) is 0 Å². The molecule has 1 fully saturated rings. The van der Waals surface area contributed by atoms with Gasteiger partial charge >= 0.3 is 0 Å². The van der Waals surface area contributed by atoms with Crippen LogP contribution in [0.1, 0.15) is 29.2 Å². The maximum atomic E-state index is 12.5. The molecule has 0 bridgehead atoms. The summed E-state index contributed by atoms with van der Waals surface area (Å²) >= 11 is 0. The van der Waals surface area contributed by atoms with Gasteiger partial charge in [0.1, 0.15) is 17.5 Å². The summed E-state index contributed by atoms with van der Waals surface area (Å²) in [6, 6.07) is 14.4. The summed E-state index contributed by atoms with van der Waals surface area (Å²) in [5, 5.41) is 9.94. The third-order valence-corrected chi connectivity index (χ3v) is 5.18. The van der Waals surface area contributed by atoms with Crippen molar-refractivity contribution in [1.29, 1.82) is 0 Å². The van der Waals surface area contributed by atoms with E-state index in [0.29, 0.717) is 17.2 Å². The predicted molar refractivity (Wildman–Crippen MR) is 120 cm³/mol. The third kappa shape index (κ3) is 4.31. The Hall–Kier alpha value is -4.14. The molecule has 5 rings (SSSR count). The molecule has 9 nitrogen and oxygen atoms in total. The molecule has 1 amide bonds. The van der Waals surface area contributed by atoms with Gasteiger partial charge in [0.15, 0.2) is 11.5 Å². The lowest BCUT2D eigenvalue weighted by atomic mass is 10.2. The number of aryl methyl sites for hydroxylation is 1. The lowest BCUT2D eigenvalue weighted by Gasteiger charge is -2.18. The van der Waals surface area contributed by atoms with E-state index in [1.54, 1.807) is 18.2 Å². The first-order chi connectivity index (χ1) is 15.6. The summed E-state index contributed by atoms with van der Waals surface area (Å²) in [5.74, 6) is 2.95. The first kappa shape index (κ1) is 19.8. The van der Waals surface area contributed by atoms with Crippen molar-refractivity contribution in [3.05, 3.63) is 66.3 Å². The zero-order valence-corrected chi connectivity index (χ0v) is 17.5. The molecule has 1 aromatic carbocycles. The summed E-state index contributed by atoms with van der Waals surface area (Å²) in [4.78, 5) is 23.8. The van der Waals surface area contributed by atoms with Gasteiger partial charge in [0.05, 0.1) is 6.26 Å². The molecule has 0 radical (unpaired) electrons. The van der Waals surface area contributed by atoms with Crippen LogP contribution in [0.3, 0.4) is 0 Å². The summed E-state index contributed by atoms with van der Waals surface area (Å²) in [6.07, 6.45) is 3.91. The fraction of sp³-hybridized carbons (Fsp3) is 0.217. The summed E-state index contributed by atoms with van der Waals surface area (Å²) in [7, 11) is 0. The van der Waals surface area contributed by atoms with Crippen LogP contribution in [0, 0.1) is 6.92 Å². The van der Waals surface area contributed by atoms with Gasteiger partial charge in [-0.25, -0.2) is 9.97 Å². The molecule has 4 heterocycles. The van der Waals surface area contributed by atoms with Crippen LogP contribution < -0.4 is 15.5 Å². The predicted octanol–water partition coefficient (Wildman–Crippen LogP) is 4.63. The normalized spacial score (nSPS) is 13.3. The number of hydrogen-bond acceptors (Lipinski definition) is 8. The van der Waals surface area contributed by atoms with Crippen molar-refractivity contribution in [2.75, 3.05) is 28.6 Å². The van der Waals surface area contributed by atoms with E-state index in [-0.39, 0.29) is 11.6 Å².